The minimum atomic E-state index is 0.750. The number of hydrogen-bond donors (Lipinski definition) is 1. The molecule has 0 saturated heterocycles. The van der Waals surface area contributed by atoms with Gasteiger partial charge in [0.25, 0.3) is 0 Å². The molecule has 0 radical (unpaired) electrons. The summed E-state index contributed by atoms with van der Waals surface area (Å²) in [6, 6.07) is 0. The van der Waals surface area contributed by atoms with Gasteiger partial charge in [-0.3, -0.25) is 4.98 Å². The number of aromatic nitrogens is 1. The molecule has 0 fully saturated rings. The molecule has 0 aromatic carbocycles. The Morgan fingerprint density at radius 1 is 1.75 bits per heavy atom. The summed E-state index contributed by atoms with van der Waals surface area (Å²) in [6.45, 7) is 2.65. The van der Waals surface area contributed by atoms with Crippen LogP contribution in [0.4, 0.5) is 0 Å². The Hall–Kier alpha value is -0.410. The van der Waals surface area contributed by atoms with Crippen molar-refractivity contribution in [2.24, 2.45) is 5.73 Å². The Kier molecular flexibility index (Phi) is 6.25. The smallest absolute Gasteiger partial charge is 0.0791 e. The topological polar surface area (TPSA) is 38.9 Å². The third-order valence-corrected chi connectivity index (χ3v) is 0.869. The molecule has 0 aliphatic rings. The third kappa shape index (κ3) is 5.59. The fraction of sp³-hybridized carbons (Fsp3) is 0.400. The molecule has 1 aromatic heterocycles. The largest absolute Gasteiger partial charge is 0.331 e. The van der Waals surface area contributed by atoms with Crippen molar-refractivity contribution in [3.63, 3.8) is 0 Å². The maximum atomic E-state index is 4.85. The molecular weight excluding hydrogens is 120 g/mol. The van der Waals surface area contributed by atoms with Crippen molar-refractivity contribution in [3.8, 4) is 0 Å². The lowest BCUT2D eigenvalue weighted by Gasteiger charge is -1.53. The van der Waals surface area contributed by atoms with E-state index in [9.17, 15) is 0 Å². The molecule has 0 aliphatic carbocycles. The van der Waals surface area contributed by atoms with E-state index in [0.717, 1.165) is 6.54 Å². The van der Waals surface area contributed by atoms with E-state index in [4.69, 9.17) is 5.73 Å². The Morgan fingerprint density at radius 2 is 2.38 bits per heavy atom. The summed E-state index contributed by atoms with van der Waals surface area (Å²) in [5.74, 6) is 0. The number of nitrogens with two attached hydrogens (primary N) is 1. The van der Waals surface area contributed by atoms with Crippen molar-refractivity contribution >= 4 is 11.3 Å². The van der Waals surface area contributed by atoms with Gasteiger partial charge in [0.15, 0.2) is 0 Å². The zero-order valence-electron chi connectivity index (χ0n) is 4.87. The number of rotatable bonds is 0. The first-order chi connectivity index (χ1) is 3.91. The second-order valence-corrected chi connectivity index (χ2v) is 1.84. The molecule has 2 N–H and O–H groups in total. The predicted octanol–water partition coefficient (Wildman–Crippen LogP) is 1.11. The van der Waals surface area contributed by atoms with Crippen molar-refractivity contribution in [1.82, 2.24) is 4.98 Å². The standard InChI is InChI=1S/C3H3NS.C2H7N/c1-2-5-3-4-1;1-2-3/h1-3H;2-3H2,1H3. The van der Waals surface area contributed by atoms with Gasteiger partial charge >= 0.3 is 0 Å². The lowest BCUT2D eigenvalue weighted by molar-refractivity contribution is 1.14. The average Bonchev–Trinajstić information content (AvgIpc) is 2.17. The fourth-order valence-corrected chi connectivity index (χ4v) is 0.527. The predicted molar refractivity (Wildman–Crippen MR) is 36.8 cm³/mol. The zero-order chi connectivity index (χ0) is 6.24. The molecule has 1 heterocycles. The second kappa shape index (κ2) is 6.59. The van der Waals surface area contributed by atoms with Gasteiger partial charge in [-0.15, -0.1) is 11.3 Å². The van der Waals surface area contributed by atoms with Crippen LogP contribution in [-0.4, -0.2) is 11.5 Å². The summed E-state index contributed by atoms with van der Waals surface area (Å²) in [4.78, 5) is 3.74. The SMILES string of the molecule is CCN.c1cscn1. The van der Waals surface area contributed by atoms with Gasteiger partial charge in [-0.05, 0) is 6.54 Å². The molecular formula is C5H10N2S. The highest BCUT2D eigenvalue weighted by Crippen LogP contribution is 1.85. The molecule has 0 saturated carbocycles. The summed E-state index contributed by atoms with van der Waals surface area (Å²) in [7, 11) is 0. The normalized spacial score (nSPS) is 7.25. The molecule has 0 bridgehead atoms. The third-order valence-electron chi connectivity index (χ3n) is 0.347. The summed E-state index contributed by atoms with van der Waals surface area (Å²) < 4.78 is 0. The molecule has 46 valence electrons. The van der Waals surface area contributed by atoms with E-state index < -0.39 is 0 Å². The van der Waals surface area contributed by atoms with Gasteiger partial charge in [-0.1, -0.05) is 6.92 Å². The monoisotopic (exact) mass is 130 g/mol. The number of hydrogen-bond acceptors (Lipinski definition) is 3. The van der Waals surface area contributed by atoms with Crippen LogP contribution in [0.5, 0.6) is 0 Å². The molecule has 0 unspecified atom stereocenters. The molecule has 1 rings (SSSR count). The van der Waals surface area contributed by atoms with Crippen LogP contribution in [0.15, 0.2) is 17.1 Å². The minimum Gasteiger partial charge on any atom is -0.331 e. The van der Waals surface area contributed by atoms with Crippen LogP contribution in [0.1, 0.15) is 6.92 Å². The van der Waals surface area contributed by atoms with Gasteiger partial charge in [0.2, 0.25) is 0 Å². The van der Waals surface area contributed by atoms with E-state index >= 15 is 0 Å². The molecule has 0 amide bonds. The Balaban J connectivity index is 0.000000145. The van der Waals surface area contributed by atoms with Crippen LogP contribution in [0.3, 0.4) is 0 Å². The number of nitrogens with zero attached hydrogens (tertiary/aromatic N) is 1. The number of thiazole rings is 1. The van der Waals surface area contributed by atoms with Gasteiger partial charge in [-0.25, -0.2) is 0 Å². The molecule has 3 heteroatoms. The second-order valence-electron chi connectivity index (χ2n) is 1.08. The summed E-state index contributed by atoms with van der Waals surface area (Å²) >= 11 is 1.60. The van der Waals surface area contributed by atoms with Gasteiger partial charge in [-0.2, -0.15) is 0 Å². The van der Waals surface area contributed by atoms with Crippen molar-refractivity contribution in [1.29, 1.82) is 0 Å². The molecule has 0 aliphatic heterocycles. The van der Waals surface area contributed by atoms with Gasteiger partial charge in [0.1, 0.15) is 0 Å². The molecule has 8 heavy (non-hydrogen) atoms. The Bertz CT molecular complexity index is 77.3. The van der Waals surface area contributed by atoms with Crippen molar-refractivity contribution < 1.29 is 0 Å². The van der Waals surface area contributed by atoms with Gasteiger partial charge in [0.05, 0.1) is 5.51 Å². The first-order valence-electron chi connectivity index (χ1n) is 2.44. The van der Waals surface area contributed by atoms with Gasteiger partial charge in [0, 0.05) is 11.6 Å². The van der Waals surface area contributed by atoms with E-state index in [2.05, 4.69) is 4.98 Å². The van der Waals surface area contributed by atoms with E-state index in [1.54, 1.807) is 23.0 Å². The highest BCUT2D eigenvalue weighted by atomic mass is 32.1. The summed E-state index contributed by atoms with van der Waals surface area (Å²) in [5.41, 5.74) is 6.64. The lowest BCUT2D eigenvalue weighted by atomic mass is 10.8. The molecule has 2 nitrogen and oxygen atoms in total. The highest BCUT2D eigenvalue weighted by Gasteiger charge is 1.59. The highest BCUT2D eigenvalue weighted by molar-refractivity contribution is 7.07. The quantitative estimate of drug-likeness (QED) is 0.571. The maximum Gasteiger partial charge on any atom is 0.0791 e. The van der Waals surface area contributed by atoms with E-state index in [1.165, 1.54) is 0 Å². The first kappa shape index (κ1) is 7.59. The zero-order valence-corrected chi connectivity index (χ0v) is 5.69. The van der Waals surface area contributed by atoms with Crippen molar-refractivity contribution in [3.05, 3.63) is 17.1 Å². The van der Waals surface area contributed by atoms with Crippen molar-refractivity contribution in [2.75, 3.05) is 6.54 Å². The van der Waals surface area contributed by atoms with Crippen molar-refractivity contribution in [2.45, 2.75) is 6.92 Å². The van der Waals surface area contributed by atoms with Crippen LogP contribution >= 0.6 is 11.3 Å². The Labute approximate surface area is 53.4 Å². The van der Waals surface area contributed by atoms with E-state index in [0.29, 0.717) is 0 Å². The van der Waals surface area contributed by atoms with Crippen LogP contribution < -0.4 is 5.73 Å². The van der Waals surface area contributed by atoms with Gasteiger partial charge < -0.3 is 5.73 Å². The van der Waals surface area contributed by atoms with Crippen LogP contribution in [0.2, 0.25) is 0 Å². The molecule has 1 aromatic rings. The summed E-state index contributed by atoms with van der Waals surface area (Å²) in [5, 5.41) is 1.93. The lowest BCUT2D eigenvalue weighted by Crippen LogP contribution is -1.87. The Morgan fingerprint density at radius 3 is 2.50 bits per heavy atom. The maximum absolute atomic E-state index is 4.85. The van der Waals surface area contributed by atoms with E-state index in [-0.39, 0.29) is 0 Å². The minimum absolute atomic E-state index is 0.750. The molecule has 0 atom stereocenters. The summed E-state index contributed by atoms with van der Waals surface area (Å²) in [6.07, 6.45) is 1.77. The molecule has 0 spiro atoms. The fourth-order valence-electron chi connectivity index (χ4n) is 0.176. The van der Waals surface area contributed by atoms with Crippen LogP contribution in [0.25, 0.3) is 0 Å². The average molecular weight is 130 g/mol. The van der Waals surface area contributed by atoms with Crippen LogP contribution in [0, 0.1) is 0 Å². The first-order valence-corrected chi connectivity index (χ1v) is 3.38. The van der Waals surface area contributed by atoms with E-state index in [1.807, 2.05) is 12.3 Å². The van der Waals surface area contributed by atoms with Crippen LogP contribution in [-0.2, 0) is 0 Å².